The molecule has 4 rings (SSSR count). The average molecular weight is 283 g/mol. The van der Waals surface area contributed by atoms with Gasteiger partial charge in [-0.15, -0.1) is 0 Å². The summed E-state index contributed by atoms with van der Waals surface area (Å²) in [5.41, 5.74) is 1.42. The molecule has 0 atom stereocenters. The summed E-state index contributed by atoms with van der Waals surface area (Å²) >= 11 is 0. The third kappa shape index (κ3) is 1.74. The monoisotopic (exact) mass is 283 g/mol. The molecular formula is C16H13NO4. The van der Waals surface area contributed by atoms with Crippen LogP contribution in [0.5, 0.6) is 17.2 Å². The van der Waals surface area contributed by atoms with Gasteiger partial charge in [-0.3, -0.25) is 4.79 Å². The van der Waals surface area contributed by atoms with E-state index in [4.69, 9.17) is 14.2 Å². The Morgan fingerprint density at radius 1 is 1.10 bits per heavy atom. The molecule has 21 heavy (non-hydrogen) atoms. The molecule has 1 aliphatic rings. The zero-order valence-corrected chi connectivity index (χ0v) is 11.4. The first-order chi connectivity index (χ1) is 10.3. The zero-order chi connectivity index (χ0) is 14.4. The first kappa shape index (κ1) is 12.1. The first-order valence-corrected chi connectivity index (χ1v) is 6.70. The van der Waals surface area contributed by atoms with Crippen molar-refractivity contribution >= 4 is 21.8 Å². The molecule has 1 aromatic heterocycles. The van der Waals surface area contributed by atoms with E-state index in [2.05, 4.69) is 4.98 Å². The number of H-pyrrole nitrogens is 1. The topological polar surface area (TPSA) is 60.6 Å². The molecule has 1 N–H and O–H groups in total. The number of aromatic amines is 1. The van der Waals surface area contributed by atoms with E-state index in [0.29, 0.717) is 41.2 Å². The van der Waals surface area contributed by atoms with Crippen LogP contribution in [0.15, 0.2) is 35.1 Å². The molecule has 0 unspecified atom stereocenters. The number of fused-ring (bicyclic) bond motifs is 4. The lowest BCUT2D eigenvalue weighted by Crippen LogP contribution is -2.17. The van der Waals surface area contributed by atoms with E-state index in [9.17, 15) is 4.79 Å². The highest BCUT2D eigenvalue weighted by atomic mass is 16.6. The molecular weight excluding hydrogens is 270 g/mol. The van der Waals surface area contributed by atoms with Crippen LogP contribution >= 0.6 is 0 Å². The van der Waals surface area contributed by atoms with Gasteiger partial charge in [0, 0.05) is 5.39 Å². The Bertz CT molecular complexity index is 913. The molecule has 0 saturated carbocycles. The summed E-state index contributed by atoms with van der Waals surface area (Å²) in [6.45, 7) is 0.944. The van der Waals surface area contributed by atoms with Crippen molar-refractivity contribution in [2.45, 2.75) is 0 Å². The highest BCUT2D eigenvalue weighted by Gasteiger charge is 2.19. The maximum atomic E-state index is 12.8. The van der Waals surface area contributed by atoms with Crippen LogP contribution in [0.1, 0.15) is 0 Å². The van der Waals surface area contributed by atoms with Gasteiger partial charge < -0.3 is 19.2 Å². The van der Waals surface area contributed by atoms with Crippen LogP contribution in [-0.4, -0.2) is 25.3 Å². The van der Waals surface area contributed by atoms with E-state index >= 15 is 0 Å². The summed E-state index contributed by atoms with van der Waals surface area (Å²) in [5, 5.41) is 1.09. The van der Waals surface area contributed by atoms with Crippen LogP contribution in [0.4, 0.5) is 0 Å². The maximum absolute atomic E-state index is 12.8. The lowest BCUT2D eigenvalue weighted by atomic mass is 10.1. The van der Waals surface area contributed by atoms with Crippen molar-refractivity contribution in [3.63, 3.8) is 0 Å². The quantitative estimate of drug-likeness (QED) is 0.697. The normalized spacial score (nSPS) is 13.6. The van der Waals surface area contributed by atoms with E-state index in [-0.39, 0.29) is 5.43 Å². The predicted octanol–water partition coefficient (Wildman–Crippen LogP) is 2.46. The third-order valence-electron chi connectivity index (χ3n) is 3.68. The van der Waals surface area contributed by atoms with Gasteiger partial charge in [0.05, 0.1) is 23.5 Å². The standard InChI is InChI=1S/C16H13NO4/c1-19-9-2-3-11-10(8-9)15(18)14-12(17-11)4-5-13-16(14)21-7-6-20-13/h2-5,8H,6-7H2,1H3,(H,17,18). The second-order valence-corrected chi connectivity index (χ2v) is 4.88. The molecule has 0 saturated heterocycles. The van der Waals surface area contributed by atoms with Crippen LogP contribution in [0, 0.1) is 0 Å². The number of rotatable bonds is 1. The number of methoxy groups -OCH3 is 1. The van der Waals surface area contributed by atoms with Gasteiger partial charge in [-0.2, -0.15) is 0 Å². The van der Waals surface area contributed by atoms with Crippen molar-refractivity contribution in [1.82, 2.24) is 4.98 Å². The van der Waals surface area contributed by atoms with Crippen LogP contribution in [0.25, 0.3) is 21.8 Å². The SMILES string of the molecule is COc1ccc2[nH]c3ccc4c(c3c(=O)c2c1)OCCO4. The van der Waals surface area contributed by atoms with E-state index in [1.807, 2.05) is 24.3 Å². The Balaban J connectivity index is 2.15. The van der Waals surface area contributed by atoms with Crippen LogP contribution in [0.2, 0.25) is 0 Å². The molecule has 3 aromatic rings. The molecule has 5 heteroatoms. The van der Waals surface area contributed by atoms with Crippen molar-refractivity contribution in [3.05, 3.63) is 40.6 Å². The highest BCUT2D eigenvalue weighted by Crippen LogP contribution is 2.36. The molecule has 5 nitrogen and oxygen atoms in total. The van der Waals surface area contributed by atoms with E-state index < -0.39 is 0 Å². The zero-order valence-electron chi connectivity index (χ0n) is 11.4. The summed E-state index contributed by atoms with van der Waals surface area (Å²) < 4.78 is 16.4. The number of benzene rings is 2. The number of ether oxygens (including phenoxy) is 3. The number of hydrogen-bond acceptors (Lipinski definition) is 4. The number of aromatic nitrogens is 1. The Morgan fingerprint density at radius 2 is 1.90 bits per heavy atom. The fraction of sp³-hybridized carbons (Fsp3) is 0.188. The van der Waals surface area contributed by atoms with E-state index in [1.165, 1.54) is 0 Å². The van der Waals surface area contributed by atoms with Crippen LogP contribution in [-0.2, 0) is 0 Å². The van der Waals surface area contributed by atoms with Gasteiger partial charge in [0.2, 0.25) is 5.43 Å². The first-order valence-electron chi connectivity index (χ1n) is 6.70. The second-order valence-electron chi connectivity index (χ2n) is 4.88. The number of hydrogen-bond donors (Lipinski definition) is 1. The van der Waals surface area contributed by atoms with Gasteiger partial charge in [-0.05, 0) is 30.3 Å². The Labute approximate surface area is 120 Å². The average Bonchev–Trinajstić information content (AvgIpc) is 2.54. The van der Waals surface area contributed by atoms with E-state index in [0.717, 1.165) is 11.0 Å². The van der Waals surface area contributed by atoms with Crippen LogP contribution in [0.3, 0.4) is 0 Å². The van der Waals surface area contributed by atoms with Crippen molar-refractivity contribution in [3.8, 4) is 17.2 Å². The van der Waals surface area contributed by atoms with Gasteiger partial charge in [0.15, 0.2) is 11.5 Å². The van der Waals surface area contributed by atoms with Gasteiger partial charge >= 0.3 is 0 Å². The molecule has 0 radical (unpaired) electrons. The summed E-state index contributed by atoms with van der Waals surface area (Å²) in [5.74, 6) is 1.78. The molecule has 1 aliphatic heterocycles. The summed E-state index contributed by atoms with van der Waals surface area (Å²) in [4.78, 5) is 16.1. The van der Waals surface area contributed by atoms with Crippen molar-refractivity contribution in [2.75, 3.05) is 20.3 Å². The van der Waals surface area contributed by atoms with Crippen LogP contribution < -0.4 is 19.6 Å². The number of pyridine rings is 1. The molecule has 0 aliphatic carbocycles. The lowest BCUT2D eigenvalue weighted by Gasteiger charge is -2.19. The Hall–Kier alpha value is -2.69. The molecule has 0 bridgehead atoms. The second kappa shape index (κ2) is 4.41. The summed E-state index contributed by atoms with van der Waals surface area (Å²) in [6, 6.07) is 9.06. The molecule has 106 valence electrons. The molecule has 0 amide bonds. The predicted molar refractivity (Wildman–Crippen MR) is 79.6 cm³/mol. The summed E-state index contributed by atoms with van der Waals surface area (Å²) in [6.07, 6.45) is 0. The fourth-order valence-corrected chi connectivity index (χ4v) is 2.67. The lowest BCUT2D eigenvalue weighted by molar-refractivity contribution is 0.174. The maximum Gasteiger partial charge on any atom is 0.201 e. The minimum absolute atomic E-state index is 0.0833. The Kier molecular flexibility index (Phi) is 2.54. The molecule has 0 fully saturated rings. The molecule has 0 spiro atoms. The minimum atomic E-state index is -0.0833. The van der Waals surface area contributed by atoms with Gasteiger partial charge in [-0.25, -0.2) is 0 Å². The molecule has 2 aromatic carbocycles. The van der Waals surface area contributed by atoms with Crippen molar-refractivity contribution in [1.29, 1.82) is 0 Å². The smallest absolute Gasteiger partial charge is 0.201 e. The van der Waals surface area contributed by atoms with E-state index in [1.54, 1.807) is 13.2 Å². The number of nitrogens with one attached hydrogen (secondary N) is 1. The van der Waals surface area contributed by atoms with Crippen molar-refractivity contribution < 1.29 is 14.2 Å². The Morgan fingerprint density at radius 3 is 2.76 bits per heavy atom. The van der Waals surface area contributed by atoms with Crippen molar-refractivity contribution in [2.24, 2.45) is 0 Å². The van der Waals surface area contributed by atoms with Gasteiger partial charge in [0.1, 0.15) is 19.0 Å². The fourth-order valence-electron chi connectivity index (χ4n) is 2.67. The largest absolute Gasteiger partial charge is 0.497 e. The summed E-state index contributed by atoms with van der Waals surface area (Å²) in [7, 11) is 1.58. The van der Waals surface area contributed by atoms with Gasteiger partial charge in [-0.1, -0.05) is 0 Å². The minimum Gasteiger partial charge on any atom is -0.497 e. The van der Waals surface area contributed by atoms with Gasteiger partial charge in [0.25, 0.3) is 0 Å². The third-order valence-corrected chi connectivity index (χ3v) is 3.68. The highest BCUT2D eigenvalue weighted by molar-refractivity contribution is 5.97. The molecule has 2 heterocycles.